The lowest BCUT2D eigenvalue weighted by atomic mass is 9.90. The van der Waals surface area contributed by atoms with Gasteiger partial charge in [0.1, 0.15) is 0 Å². The van der Waals surface area contributed by atoms with E-state index in [1.807, 2.05) is 0 Å². The second-order valence-corrected chi connectivity index (χ2v) is 4.98. The number of methoxy groups -OCH3 is 1. The Labute approximate surface area is 104 Å². The van der Waals surface area contributed by atoms with Gasteiger partial charge < -0.3 is 14.8 Å². The first-order valence-electron chi connectivity index (χ1n) is 6.54. The largest absolute Gasteiger partial charge is 0.469 e. The van der Waals surface area contributed by atoms with Gasteiger partial charge in [0.05, 0.1) is 12.7 Å². The molecule has 2 unspecified atom stereocenters. The van der Waals surface area contributed by atoms with Crippen LogP contribution in [0.2, 0.25) is 0 Å². The van der Waals surface area contributed by atoms with E-state index in [0.717, 1.165) is 38.8 Å². The number of esters is 1. The van der Waals surface area contributed by atoms with Crippen LogP contribution in [0.15, 0.2) is 0 Å². The molecular weight excluding hydrogens is 218 g/mol. The Kier molecular flexibility index (Phi) is 5.92. The summed E-state index contributed by atoms with van der Waals surface area (Å²) in [6.45, 7) is 6.05. The van der Waals surface area contributed by atoms with E-state index >= 15 is 0 Å². The van der Waals surface area contributed by atoms with Crippen LogP contribution in [0.4, 0.5) is 0 Å². The molecule has 1 N–H and O–H groups in total. The number of rotatable bonds is 6. The Bertz CT molecular complexity index is 245. The van der Waals surface area contributed by atoms with Crippen LogP contribution in [0.5, 0.6) is 0 Å². The van der Waals surface area contributed by atoms with Gasteiger partial charge in [-0.3, -0.25) is 4.79 Å². The van der Waals surface area contributed by atoms with Crippen molar-refractivity contribution < 1.29 is 14.3 Å². The van der Waals surface area contributed by atoms with Crippen molar-refractivity contribution in [3.8, 4) is 0 Å². The molecule has 0 spiro atoms. The minimum atomic E-state index is -0.128. The Balaban J connectivity index is 2.17. The van der Waals surface area contributed by atoms with Crippen molar-refractivity contribution in [3.63, 3.8) is 0 Å². The molecule has 0 aromatic heterocycles. The average molecular weight is 243 g/mol. The van der Waals surface area contributed by atoms with Gasteiger partial charge in [-0.1, -0.05) is 6.92 Å². The van der Waals surface area contributed by atoms with Crippen molar-refractivity contribution in [1.29, 1.82) is 0 Å². The highest BCUT2D eigenvalue weighted by atomic mass is 16.5. The monoisotopic (exact) mass is 243 g/mol. The topological polar surface area (TPSA) is 47.6 Å². The maximum Gasteiger partial charge on any atom is 0.305 e. The number of ether oxygens (including phenoxy) is 2. The molecule has 17 heavy (non-hydrogen) atoms. The molecule has 1 aliphatic rings. The smallest absolute Gasteiger partial charge is 0.305 e. The second-order valence-electron chi connectivity index (χ2n) is 4.98. The average Bonchev–Trinajstić information content (AvgIpc) is 2.34. The van der Waals surface area contributed by atoms with E-state index in [1.54, 1.807) is 0 Å². The van der Waals surface area contributed by atoms with Gasteiger partial charge in [-0.25, -0.2) is 0 Å². The number of nitrogens with one attached hydrogen (secondary N) is 1. The van der Waals surface area contributed by atoms with E-state index in [0.29, 0.717) is 12.5 Å². The van der Waals surface area contributed by atoms with E-state index in [4.69, 9.17) is 4.74 Å². The maximum absolute atomic E-state index is 10.9. The molecule has 1 aliphatic heterocycles. The lowest BCUT2D eigenvalue weighted by Gasteiger charge is -2.38. The summed E-state index contributed by atoms with van der Waals surface area (Å²) in [7, 11) is 1.43. The Morgan fingerprint density at radius 3 is 3.00 bits per heavy atom. The van der Waals surface area contributed by atoms with Crippen molar-refractivity contribution in [2.45, 2.75) is 57.6 Å². The SMILES string of the molecule is CCC1(C)CC(NCCCC(=O)OC)CCO1. The van der Waals surface area contributed by atoms with Crippen molar-refractivity contribution in [2.75, 3.05) is 20.3 Å². The molecule has 1 saturated heterocycles. The Morgan fingerprint density at radius 2 is 2.35 bits per heavy atom. The zero-order valence-electron chi connectivity index (χ0n) is 11.3. The van der Waals surface area contributed by atoms with Gasteiger partial charge in [-0.15, -0.1) is 0 Å². The quantitative estimate of drug-likeness (QED) is 0.571. The van der Waals surface area contributed by atoms with E-state index < -0.39 is 0 Å². The fourth-order valence-electron chi connectivity index (χ4n) is 2.19. The fourth-order valence-corrected chi connectivity index (χ4v) is 2.19. The zero-order valence-corrected chi connectivity index (χ0v) is 11.3. The highest BCUT2D eigenvalue weighted by molar-refractivity contribution is 5.69. The van der Waals surface area contributed by atoms with E-state index in [2.05, 4.69) is 23.9 Å². The highest BCUT2D eigenvalue weighted by Gasteiger charge is 2.31. The molecule has 0 bridgehead atoms. The van der Waals surface area contributed by atoms with E-state index in [9.17, 15) is 4.79 Å². The van der Waals surface area contributed by atoms with Crippen LogP contribution in [-0.4, -0.2) is 37.9 Å². The minimum absolute atomic E-state index is 0.0261. The molecule has 0 aromatic rings. The Hall–Kier alpha value is -0.610. The standard InChI is InChI=1S/C13H25NO3/c1-4-13(2)10-11(7-9-17-13)14-8-5-6-12(15)16-3/h11,14H,4-10H2,1-3H3. The van der Waals surface area contributed by atoms with Gasteiger partial charge in [0, 0.05) is 19.1 Å². The zero-order chi connectivity index (χ0) is 12.7. The summed E-state index contributed by atoms with van der Waals surface area (Å²) >= 11 is 0. The number of hydrogen-bond acceptors (Lipinski definition) is 4. The molecule has 4 nitrogen and oxygen atoms in total. The van der Waals surface area contributed by atoms with Crippen LogP contribution in [-0.2, 0) is 14.3 Å². The molecule has 1 fully saturated rings. The third-order valence-electron chi connectivity index (χ3n) is 3.56. The van der Waals surface area contributed by atoms with Crippen molar-refractivity contribution in [2.24, 2.45) is 0 Å². The van der Waals surface area contributed by atoms with E-state index in [-0.39, 0.29) is 11.6 Å². The summed E-state index contributed by atoms with van der Waals surface area (Å²) < 4.78 is 10.4. The lowest BCUT2D eigenvalue weighted by Crippen LogP contribution is -2.45. The summed E-state index contributed by atoms with van der Waals surface area (Å²) in [6, 6.07) is 0.520. The number of carbonyl (C=O) groups is 1. The Morgan fingerprint density at radius 1 is 1.59 bits per heavy atom. The van der Waals surface area contributed by atoms with Gasteiger partial charge in [-0.2, -0.15) is 0 Å². The van der Waals surface area contributed by atoms with Crippen LogP contribution in [0.1, 0.15) is 46.0 Å². The first kappa shape index (κ1) is 14.5. The predicted molar refractivity (Wildman–Crippen MR) is 66.9 cm³/mol. The highest BCUT2D eigenvalue weighted by Crippen LogP contribution is 2.27. The third kappa shape index (κ3) is 5.04. The molecule has 100 valence electrons. The number of carbonyl (C=O) groups excluding carboxylic acids is 1. The van der Waals surface area contributed by atoms with Crippen LogP contribution in [0.25, 0.3) is 0 Å². The van der Waals surface area contributed by atoms with Gasteiger partial charge in [0.15, 0.2) is 0 Å². The maximum atomic E-state index is 10.9. The first-order valence-corrected chi connectivity index (χ1v) is 6.54. The molecule has 0 aliphatic carbocycles. The van der Waals surface area contributed by atoms with Gasteiger partial charge in [0.2, 0.25) is 0 Å². The third-order valence-corrected chi connectivity index (χ3v) is 3.56. The summed E-state index contributed by atoms with van der Waals surface area (Å²) in [5.41, 5.74) is 0.0261. The lowest BCUT2D eigenvalue weighted by molar-refractivity contribution is -0.140. The second kappa shape index (κ2) is 6.97. The summed E-state index contributed by atoms with van der Waals surface area (Å²) in [4.78, 5) is 10.9. The van der Waals surface area contributed by atoms with Crippen molar-refractivity contribution >= 4 is 5.97 Å². The van der Waals surface area contributed by atoms with Crippen molar-refractivity contribution in [1.82, 2.24) is 5.32 Å². The van der Waals surface area contributed by atoms with Gasteiger partial charge >= 0.3 is 5.97 Å². The minimum Gasteiger partial charge on any atom is -0.469 e. The fraction of sp³-hybridized carbons (Fsp3) is 0.923. The number of hydrogen-bond donors (Lipinski definition) is 1. The van der Waals surface area contributed by atoms with Gasteiger partial charge in [-0.05, 0) is 39.2 Å². The van der Waals surface area contributed by atoms with Crippen LogP contribution in [0.3, 0.4) is 0 Å². The molecule has 0 radical (unpaired) electrons. The van der Waals surface area contributed by atoms with Crippen LogP contribution < -0.4 is 5.32 Å². The molecule has 0 aromatic carbocycles. The van der Waals surface area contributed by atoms with Crippen LogP contribution in [0, 0.1) is 0 Å². The predicted octanol–water partition coefficient (Wildman–Crippen LogP) is 1.88. The summed E-state index contributed by atoms with van der Waals surface area (Å²) in [5.74, 6) is -0.128. The molecular formula is C13H25NO3. The first-order chi connectivity index (χ1) is 8.09. The molecule has 1 heterocycles. The van der Waals surface area contributed by atoms with Gasteiger partial charge in [0.25, 0.3) is 0 Å². The normalized spacial score (nSPS) is 29.0. The summed E-state index contributed by atoms with van der Waals surface area (Å²) in [6.07, 6.45) is 4.51. The molecule has 0 amide bonds. The van der Waals surface area contributed by atoms with Crippen molar-refractivity contribution in [3.05, 3.63) is 0 Å². The molecule has 2 atom stereocenters. The van der Waals surface area contributed by atoms with Crippen LogP contribution >= 0.6 is 0 Å². The molecule has 1 rings (SSSR count). The molecule has 0 saturated carbocycles. The molecule has 4 heteroatoms. The summed E-state index contributed by atoms with van der Waals surface area (Å²) in [5, 5.41) is 3.50. The van der Waals surface area contributed by atoms with E-state index in [1.165, 1.54) is 7.11 Å².